The Morgan fingerprint density at radius 2 is 1.90 bits per heavy atom. The molecule has 0 spiro atoms. The number of pyridine rings is 1. The van der Waals surface area contributed by atoms with E-state index in [4.69, 9.17) is 33.8 Å². The summed E-state index contributed by atoms with van der Waals surface area (Å²) in [5.74, 6) is -0.934. The number of fused-ring (bicyclic) bond motifs is 1. The van der Waals surface area contributed by atoms with Gasteiger partial charge in [-0.05, 0) is 42.3 Å². The molecule has 1 unspecified atom stereocenters. The predicted octanol–water partition coefficient (Wildman–Crippen LogP) is 5.37. The van der Waals surface area contributed by atoms with Crippen LogP contribution in [-0.2, 0) is 11.2 Å². The van der Waals surface area contributed by atoms with Gasteiger partial charge in [-0.25, -0.2) is 4.39 Å². The number of rotatable bonds is 6. The molecule has 4 rings (SSSR count). The third-order valence-corrected chi connectivity index (χ3v) is 5.64. The lowest BCUT2D eigenvalue weighted by atomic mass is 10.0. The number of carbonyl (C=O) groups excluding carboxylic acids is 1. The maximum absolute atomic E-state index is 13.9. The number of hydrogen-bond donors (Lipinski definition) is 1. The molecule has 2 aromatic heterocycles. The molecule has 158 valence electrons. The molecule has 0 aliphatic carbocycles. The third-order valence-electron chi connectivity index (χ3n) is 4.93. The summed E-state index contributed by atoms with van der Waals surface area (Å²) in [6.07, 6.45) is 3.08. The highest BCUT2D eigenvalue weighted by Gasteiger charge is 2.20. The molecule has 2 aromatic carbocycles. The van der Waals surface area contributed by atoms with Gasteiger partial charge in [0.05, 0.1) is 17.0 Å². The minimum absolute atomic E-state index is 0.0636. The topological polar surface area (TPSA) is 70.1 Å². The van der Waals surface area contributed by atoms with Gasteiger partial charge in [-0.3, -0.25) is 9.78 Å². The van der Waals surface area contributed by atoms with Crippen LogP contribution in [0.25, 0.3) is 22.2 Å². The molecule has 0 saturated carbocycles. The third kappa shape index (κ3) is 4.36. The van der Waals surface area contributed by atoms with Crippen molar-refractivity contribution in [1.29, 1.82) is 0 Å². The second-order valence-electron chi connectivity index (χ2n) is 7.11. The summed E-state index contributed by atoms with van der Waals surface area (Å²) in [4.78, 5) is 21.6. The zero-order valence-electron chi connectivity index (χ0n) is 16.5. The van der Waals surface area contributed by atoms with Crippen molar-refractivity contribution >= 4 is 40.1 Å². The summed E-state index contributed by atoms with van der Waals surface area (Å²) < 4.78 is 15.5. The molecule has 1 amide bonds. The number of benzene rings is 2. The SMILES string of the molecule is CC(On1ccc2ncc(-c3ccc(CC(N)=O)cc3)cc21)c1c(Cl)ccc(F)c1Cl. The highest BCUT2D eigenvalue weighted by atomic mass is 35.5. The molecule has 5 nitrogen and oxygen atoms in total. The minimum atomic E-state index is -0.608. The molecule has 0 aliphatic heterocycles. The molecule has 1 atom stereocenters. The van der Waals surface area contributed by atoms with E-state index in [9.17, 15) is 9.18 Å². The molecule has 2 N–H and O–H groups in total. The van der Waals surface area contributed by atoms with E-state index >= 15 is 0 Å². The van der Waals surface area contributed by atoms with E-state index < -0.39 is 11.9 Å². The Morgan fingerprint density at radius 1 is 1.16 bits per heavy atom. The fourth-order valence-corrected chi connectivity index (χ4v) is 4.07. The van der Waals surface area contributed by atoms with E-state index in [1.165, 1.54) is 12.1 Å². The average Bonchev–Trinajstić information content (AvgIpc) is 3.13. The highest BCUT2D eigenvalue weighted by molar-refractivity contribution is 6.36. The Morgan fingerprint density at radius 3 is 2.61 bits per heavy atom. The van der Waals surface area contributed by atoms with E-state index in [0.717, 1.165) is 27.7 Å². The second-order valence-corrected chi connectivity index (χ2v) is 7.90. The minimum Gasteiger partial charge on any atom is -0.406 e. The first-order chi connectivity index (χ1) is 14.8. The van der Waals surface area contributed by atoms with Gasteiger partial charge in [0.1, 0.15) is 11.3 Å². The van der Waals surface area contributed by atoms with Crippen molar-refractivity contribution in [1.82, 2.24) is 9.71 Å². The van der Waals surface area contributed by atoms with Crippen LogP contribution in [0.5, 0.6) is 0 Å². The number of halogens is 3. The van der Waals surface area contributed by atoms with Crippen molar-refractivity contribution in [2.75, 3.05) is 0 Å². The van der Waals surface area contributed by atoms with Crippen LogP contribution in [0.3, 0.4) is 0 Å². The molecular formula is C23H18Cl2FN3O2. The van der Waals surface area contributed by atoms with E-state index in [-0.39, 0.29) is 17.4 Å². The molecule has 0 saturated heterocycles. The maximum Gasteiger partial charge on any atom is 0.221 e. The van der Waals surface area contributed by atoms with Gasteiger partial charge >= 0.3 is 0 Å². The first kappa shape index (κ1) is 21.2. The first-order valence-corrected chi connectivity index (χ1v) is 10.2. The smallest absolute Gasteiger partial charge is 0.221 e. The highest BCUT2D eigenvalue weighted by Crippen LogP contribution is 2.33. The summed E-state index contributed by atoms with van der Waals surface area (Å²) in [7, 11) is 0. The number of primary amides is 1. The first-order valence-electron chi connectivity index (χ1n) is 9.48. The van der Waals surface area contributed by atoms with Crippen LogP contribution in [0, 0.1) is 5.82 Å². The van der Waals surface area contributed by atoms with E-state index in [0.29, 0.717) is 10.6 Å². The summed E-state index contributed by atoms with van der Waals surface area (Å²) in [5, 5.41) is 0.261. The Kier molecular flexibility index (Phi) is 5.85. The fourth-order valence-electron chi connectivity index (χ4n) is 3.39. The molecule has 4 aromatic rings. The lowest BCUT2D eigenvalue weighted by Gasteiger charge is -2.19. The Balaban J connectivity index is 1.65. The lowest BCUT2D eigenvalue weighted by Crippen LogP contribution is -2.16. The second kappa shape index (κ2) is 8.57. The Bertz CT molecular complexity index is 1270. The molecule has 8 heteroatoms. The molecule has 0 bridgehead atoms. The fraction of sp³-hybridized carbons (Fsp3) is 0.130. The van der Waals surface area contributed by atoms with Gasteiger partial charge in [-0.2, -0.15) is 4.73 Å². The van der Waals surface area contributed by atoms with Crippen LogP contribution in [0.15, 0.2) is 60.9 Å². The predicted molar refractivity (Wildman–Crippen MR) is 119 cm³/mol. The molecule has 31 heavy (non-hydrogen) atoms. The summed E-state index contributed by atoms with van der Waals surface area (Å²) in [6.45, 7) is 1.74. The van der Waals surface area contributed by atoms with Gasteiger partial charge in [0, 0.05) is 28.5 Å². The number of aromatic nitrogens is 2. The van der Waals surface area contributed by atoms with Gasteiger partial charge in [-0.15, -0.1) is 0 Å². The summed E-state index contributed by atoms with van der Waals surface area (Å²) >= 11 is 12.3. The monoisotopic (exact) mass is 457 g/mol. The lowest BCUT2D eigenvalue weighted by molar-refractivity contribution is -0.117. The molecule has 0 aliphatic rings. The molecule has 0 radical (unpaired) electrons. The largest absolute Gasteiger partial charge is 0.406 e. The number of carbonyl (C=O) groups is 1. The number of hydrogen-bond acceptors (Lipinski definition) is 3. The quantitative estimate of drug-likeness (QED) is 0.395. The normalized spacial score (nSPS) is 12.1. The zero-order chi connectivity index (χ0) is 22.1. The molecule has 2 heterocycles. The summed E-state index contributed by atoms with van der Waals surface area (Å²) in [6, 6.07) is 14.0. The standard InChI is InChI=1S/C23H18Cl2FN3O2/c1-13(22-17(24)6-7-18(26)23(22)25)31-29-9-8-19-20(29)11-16(12-28-19)15-4-2-14(3-5-15)10-21(27)30/h2-9,11-13H,10H2,1H3,(H2,27,30). The van der Waals surface area contributed by atoms with Crippen molar-refractivity contribution in [3.8, 4) is 11.1 Å². The van der Waals surface area contributed by atoms with Gasteiger partial charge < -0.3 is 10.6 Å². The number of nitrogens with zero attached hydrogens (tertiary/aromatic N) is 2. The Hall–Kier alpha value is -3.09. The van der Waals surface area contributed by atoms with Crippen LogP contribution < -0.4 is 10.6 Å². The molecule has 0 fully saturated rings. The van der Waals surface area contributed by atoms with Gasteiger partial charge in [0.2, 0.25) is 5.91 Å². The average molecular weight is 458 g/mol. The Labute approximate surface area is 188 Å². The van der Waals surface area contributed by atoms with Gasteiger partial charge in [0.15, 0.2) is 6.10 Å². The van der Waals surface area contributed by atoms with E-state index in [1.54, 1.807) is 24.0 Å². The molecular weight excluding hydrogens is 440 g/mol. The van der Waals surface area contributed by atoms with Crippen LogP contribution in [-0.4, -0.2) is 15.6 Å². The van der Waals surface area contributed by atoms with Crippen molar-refractivity contribution in [3.05, 3.63) is 87.9 Å². The zero-order valence-corrected chi connectivity index (χ0v) is 18.0. The number of nitrogens with two attached hydrogens (primary N) is 1. The van der Waals surface area contributed by atoms with Crippen LogP contribution >= 0.6 is 23.2 Å². The maximum atomic E-state index is 13.9. The van der Waals surface area contributed by atoms with Crippen molar-refractivity contribution in [3.63, 3.8) is 0 Å². The van der Waals surface area contributed by atoms with Gasteiger partial charge in [-0.1, -0.05) is 47.5 Å². The number of amides is 1. The van der Waals surface area contributed by atoms with Crippen LogP contribution in [0.4, 0.5) is 4.39 Å². The van der Waals surface area contributed by atoms with E-state index in [2.05, 4.69) is 4.98 Å². The van der Waals surface area contributed by atoms with Crippen LogP contribution in [0.2, 0.25) is 10.0 Å². The van der Waals surface area contributed by atoms with E-state index in [1.807, 2.05) is 36.4 Å². The van der Waals surface area contributed by atoms with Gasteiger partial charge in [0.25, 0.3) is 0 Å². The summed E-state index contributed by atoms with van der Waals surface area (Å²) in [5.41, 5.74) is 9.73. The van der Waals surface area contributed by atoms with Crippen molar-refractivity contribution in [2.24, 2.45) is 5.73 Å². The van der Waals surface area contributed by atoms with Crippen molar-refractivity contribution < 1.29 is 14.0 Å². The van der Waals surface area contributed by atoms with Crippen molar-refractivity contribution in [2.45, 2.75) is 19.4 Å². The van der Waals surface area contributed by atoms with Crippen LogP contribution in [0.1, 0.15) is 24.2 Å².